The van der Waals surface area contributed by atoms with Gasteiger partial charge in [-0.3, -0.25) is 4.79 Å². The summed E-state index contributed by atoms with van der Waals surface area (Å²) in [5, 5.41) is 20.6. The lowest BCUT2D eigenvalue weighted by Gasteiger charge is -2.08. The highest BCUT2D eigenvalue weighted by Gasteiger charge is 2.13. The minimum Gasteiger partial charge on any atom is -0.506 e. The van der Waals surface area contributed by atoms with Crippen LogP contribution in [0.3, 0.4) is 0 Å². The van der Waals surface area contributed by atoms with Crippen LogP contribution >= 0.6 is 11.6 Å². The standard InChI is InChI=1S/C14H8ClFN2O2/c15-10-6-8(4-5-13(10)19)14(20)18-12-3-1-2-11(16)9(12)7-17/h1-6,19H,(H,18,20). The Morgan fingerprint density at radius 2 is 2.10 bits per heavy atom. The van der Waals surface area contributed by atoms with Crippen LogP contribution in [0.1, 0.15) is 15.9 Å². The van der Waals surface area contributed by atoms with E-state index in [1.54, 1.807) is 6.07 Å². The molecule has 2 aromatic carbocycles. The van der Waals surface area contributed by atoms with Gasteiger partial charge in [-0.2, -0.15) is 5.26 Å². The molecule has 0 unspecified atom stereocenters. The average Bonchev–Trinajstić information content (AvgIpc) is 2.42. The summed E-state index contributed by atoms with van der Waals surface area (Å²) >= 11 is 5.70. The summed E-state index contributed by atoms with van der Waals surface area (Å²) < 4.78 is 13.4. The fourth-order valence-corrected chi connectivity index (χ4v) is 1.77. The highest BCUT2D eigenvalue weighted by molar-refractivity contribution is 6.32. The first-order chi connectivity index (χ1) is 9.52. The van der Waals surface area contributed by atoms with Crippen molar-refractivity contribution in [2.45, 2.75) is 0 Å². The molecule has 1 amide bonds. The number of anilines is 1. The molecule has 2 rings (SSSR count). The number of hydrogen-bond acceptors (Lipinski definition) is 3. The van der Waals surface area contributed by atoms with Crippen LogP contribution in [0, 0.1) is 17.1 Å². The molecular formula is C14H8ClFN2O2. The van der Waals surface area contributed by atoms with Crippen LogP contribution in [0.5, 0.6) is 5.75 Å². The van der Waals surface area contributed by atoms with E-state index in [2.05, 4.69) is 5.32 Å². The number of amides is 1. The number of carbonyl (C=O) groups excluding carboxylic acids is 1. The Balaban J connectivity index is 2.31. The first-order valence-corrected chi connectivity index (χ1v) is 5.89. The van der Waals surface area contributed by atoms with Crippen LogP contribution in [0.25, 0.3) is 0 Å². The number of hydrogen-bond donors (Lipinski definition) is 2. The molecule has 0 aliphatic rings. The first kappa shape index (κ1) is 13.8. The van der Waals surface area contributed by atoms with Crippen LogP contribution in [-0.4, -0.2) is 11.0 Å². The number of nitrogens with zero attached hydrogens (tertiary/aromatic N) is 1. The van der Waals surface area contributed by atoms with Crippen LogP contribution in [0.4, 0.5) is 10.1 Å². The van der Waals surface area contributed by atoms with E-state index in [0.29, 0.717) is 0 Å². The summed E-state index contributed by atoms with van der Waals surface area (Å²) in [4.78, 5) is 12.0. The molecular weight excluding hydrogens is 283 g/mol. The zero-order valence-electron chi connectivity index (χ0n) is 10.0. The Bertz CT molecular complexity index is 726. The third-order valence-electron chi connectivity index (χ3n) is 2.58. The number of carbonyl (C=O) groups is 1. The molecule has 20 heavy (non-hydrogen) atoms. The van der Waals surface area contributed by atoms with Crippen molar-refractivity contribution < 1.29 is 14.3 Å². The highest BCUT2D eigenvalue weighted by Crippen LogP contribution is 2.24. The van der Waals surface area contributed by atoms with Gasteiger partial charge in [0.15, 0.2) is 0 Å². The van der Waals surface area contributed by atoms with E-state index in [-0.39, 0.29) is 27.6 Å². The van der Waals surface area contributed by atoms with Gasteiger partial charge in [0, 0.05) is 5.56 Å². The van der Waals surface area contributed by atoms with Crippen LogP contribution in [-0.2, 0) is 0 Å². The van der Waals surface area contributed by atoms with Gasteiger partial charge in [-0.25, -0.2) is 4.39 Å². The summed E-state index contributed by atoms with van der Waals surface area (Å²) in [6.07, 6.45) is 0. The van der Waals surface area contributed by atoms with E-state index in [4.69, 9.17) is 16.9 Å². The minimum absolute atomic E-state index is 0.0254. The Morgan fingerprint density at radius 3 is 2.75 bits per heavy atom. The van der Waals surface area contributed by atoms with E-state index >= 15 is 0 Å². The van der Waals surface area contributed by atoms with Crippen molar-refractivity contribution in [1.29, 1.82) is 5.26 Å². The molecule has 4 nitrogen and oxygen atoms in total. The van der Waals surface area contributed by atoms with Crippen molar-refractivity contribution >= 4 is 23.2 Å². The Morgan fingerprint density at radius 1 is 1.35 bits per heavy atom. The molecule has 2 N–H and O–H groups in total. The van der Waals surface area contributed by atoms with Crippen LogP contribution < -0.4 is 5.32 Å². The minimum atomic E-state index is -0.714. The Labute approximate surface area is 119 Å². The molecule has 6 heteroatoms. The number of nitrogens with one attached hydrogen (secondary N) is 1. The SMILES string of the molecule is N#Cc1c(F)cccc1NC(=O)c1ccc(O)c(Cl)c1. The maximum atomic E-state index is 13.4. The van der Waals surface area contributed by atoms with Crippen molar-refractivity contribution in [3.63, 3.8) is 0 Å². The lowest BCUT2D eigenvalue weighted by molar-refractivity contribution is 0.102. The number of phenolic OH excluding ortho intramolecular Hbond substituents is 1. The van der Waals surface area contributed by atoms with Gasteiger partial charge in [-0.1, -0.05) is 17.7 Å². The molecule has 2 aromatic rings. The number of benzene rings is 2. The third kappa shape index (κ3) is 2.71. The molecule has 0 heterocycles. The number of phenols is 1. The number of rotatable bonds is 2. The zero-order valence-corrected chi connectivity index (χ0v) is 10.8. The number of halogens is 2. The fraction of sp³-hybridized carbons (Fsp3) is 0. The average molecular weight is 291 g/mol. The lowest BCUT2D eigenvalue weighted by Crippen LogP contribution is -2.13. The first-order valence-electron chi connectivity index (χ1n) is 5.51. The van der Waals surface area contributed by atoms with E-state index in [9.17, 15) is 14.3 Å². The number of aromatic hydroxyl groups is 1. The second kappa shape index (κ2) is 5.59. The molecule has 0 spiro atoms. The van der Waals surface area contributed by atoms with Crippen molar-refractivity contribution in [1.82, 2.24) is 0 Å². The van der Waals surface area contributed by atoms with E-state index in [1.165, 1.54) is 30.3 Å². The summed E-state index contributed by atoms with van der Waals surface area (Å²) in [5.41, 5.74) is 0.00775. The van der Waals surface area contributed by atoms with Gasteiger partial charge in [0.1, 0.15) is 23.2 Å². The van der Waals surface area contributed by atoms with Gasteiger partial charge in [0.25, 0.3) is 5.91 Å². The summed E-state index contributed by atoms with van der Waals surface area (Å²) in [7, 11) is 0. The van der Waals surface area contributed by atoms with Gasteiger partial charge in [-0.05, 0) is 30.3 Å². The van der Waals surface area contributed by atoms with Gasteiger partial charge in [0.2, 0.25) is 0 Å². The van der Waals surface area contributed by atoms with Crippen molar-refractivity contribution in [2.75, 3.05) is 5.32 Å². The monoisotopic (exact) mass is 290 g/mol. The zero-order chi connectivity index (χ0) is 14.7. The quantitative estimate of drug-likeness (QED) is 0.891. The number of nitriles is 1. The lowest BCUT2D eigenvalue weighted by atomic mass is 10.1. The van der Waals surface area contributed by atoms with Crippen molar-refractivity contribution in [3.8, 4) is 11.8 Å². The second-order valence-corrected chi connectivity index (χ2v) is 4.30. The van der Waals surface area contributed by atoms with Crippen LogP contribution in [0.15, 0.2) is 36.4 Å². The predicted octanol–water partition coefficient (Wildman–Crippen LogP) is 3.31. The van der Waals surface area contributed by atoms with E-state index in [0.717, 1.165) is 6.07 Å². The molecule has 0 aromatic heterocycles. The smallest absolute Gasteiger partial charge is 0.255 e. The maximum absolute atomic E-state index is 13.4. The van der Waals surface area contributed by atoms with Crippen LogP contribution in [0.2, 0.25) is 5.02 Å². The van der Waals surface area contributed by atoms with E-state index in [1.807, 2.05) is 0 Å². The van der Waals surface area contributed by atoms with Gasteiger partial charge >= 0.3 is 0 Å². The van der Waals surface area contributed by atoms with Crippen molar-refractivity contribution in [2.24, 2.45) is 0 Å². The molecule has 0 atom stereocenters. The normalized spacial score (nSPS) is 9.85. The molecule has 0 saturated carbocycles. The molecule has 0 bridgehead atoms. The topological polar surface area (TPSA) is 73.1 Å². The Hall–Kier alpha value is -2.58. The molecule has 0 fully saturated rings. The highest BCUT2D eigenvalue weighted by atomic mass is 35.5. The molecule has 0 radical (unpaired) electrons. The summed E-state index contributed by atoms with van der Waals surface area (Å²) in [6, 6.07) is 9.53. The molecule has 0 aliphatic heterocycles. The van der Waals surface area contributed by atoms with Gasteiger partial charge in [-0.15, -0.1) is 0 Å². The summed E-state index contributed by atoms with van der Waals surface area (Å²) in [6.45, 7) is 0. The Kier molecular flexibility index (Phi) is 3.87. The second-order valence-electron chi connectivity index (χ2n) is 3.89. The van der Waals surface area contributed by atoms with Gasteiger partial charge in [0.05, 0.1) is 10.7 Å². The third-order valence-corrected chi connectivity index (χ3v) is 2.89. The molecule has 100 valence electrons. The van der Waals surface area contributed by atoms with Crippen molar-refractivity contribution in [3.05, 3.63) is 58.4 Å². The molecule has 0 aliphatic carbocycles. The predicted molar refractivity (Wildman–Crippen MR) is 72.2 cm³/mol. The summed E-state index contributed by atoms with van der Waals surface area (Å²) in [5.74, 6) is -1.42. The maximum Gasteiger partial charge on any atom is 0.255 e. The molecule has 0 saturated heterocycles. The van der Waals surface area contributed by atoms with E-state index < -0.39 is 11.7 Å². The van der Waals surface area contributed by atoms with Gasteiger partial charge < -0.3 is 10.4 Å². The fourth-order valence-electron chi connectivity index (χ4n) is 1.58. The largest absolute Gasteiger partial charge is 0.506 e.